The van der Waals surface area contributed by atoms with Crippen LogP contribution in [0.2, 0.25) is 0 Å². The lowest BCUT2D eigenvalue weighted by atomic mass is 10.0. The SMILES string of the molecule is Cc1cc(CC2C=C(c3ccc(C)c(C)c3)C=N2)n(C)n1. The molecule has 0 aliphatic carbocycles. The molecule has 3 rings (SSSR count). The van der Waals surface area contributed by atoms with E-state index < -0.39 is 0 Å². The van der Waals surface area contributed by atoms with E-state index in [0.717, 1.165) is 12.1 Å². The highest BCUT2D eigenvalue weighted by molar-refractivity contribution is 6.11. The first-order valence-electron chi connectivity index (χ1n) is 7.35. The molecule has 1 aromatic carbocycles. The Morgan fingerprint density at radius 1 is 1.10 bits per heavy atom. The standard InChI is InChI=1S/C18H21N3/c1-12-5-6-15(7-13(12)2)16-9-17(19-11-16)10-18-8-14(3)20-21(18)4/h5-9,11,17H,10H2,1-4H3. The van der Waals surface area contributed by atoms with Gasteiger partial charge in [-0.2, -0.15) is 5.10 Å². The molecule has 0 saturated heterocycles. The van der Waals surface area contributed by atoms with Crippen LogP contribution in [-0.4, -0.2) is 22.0 Å². The van der Waals surface area contributed by atoms with Gasteiger partial charge in [-0.3, -0.25) is 9.67 Å². The van der Waals surface area contributed by atoms with Crippen LogP contribution in [0.5, 0.6) is 0 Å². The molecule has 1 aliphatic rings. The van der Waals surface area contributed by atoms with Gasteiger partial charge in [-0.25, -0.2) is 0 Å². The maximum Gasteiger partial charge on any atom is 0.0744 e. The van der Waals surface area contributed by atoms with E-state index in [-0.39, 0.29) is 6.04 Å². The summed E-state index contributed by atoms with van der Waals surface area (Å²) >= 11 is 0. The zero-order chi connectivity index (χ0) is 15.0. The summed E-state index contributed by atoms with van der Waals surface area (Å²) in [6.45, 7) is 6.32. The molecule has 21 heavy (non-hydrogen) atoms. The molecule has 0 radical (unpaired) electrons. The first-order chi connectivity index (χ1) is 10.0. The number of aromatic nitrogens is 2. The third-order valence-electron chi connectivity index (χ3n) is 4.13. The van der Waals surface area contributed by atoms with E-state index in [1.165, 1.54) is 28.0 Å². The number of aliphatic imine (C=N–C) groups is 1. The first kappa shape index (κ1) is 13.8. The van der Waals surface area contributed by atoms with Crippen molar-refractivity contribution in [2.45, 2.75) is 33.2 Å². The molecule has 0 saturated carbocycles. The second-order valence-corrected chi connectivity index (χ2v) is 5.87. The van der Waals surface area contributed by atoms with Crippen molar-refractivity contribution in [3.05, 3.63) is 58.4 Å². The molecule has 0 bridgehead atoms. The van der Waals surface area contributed by atoms with E-state index in [9.17, 15) is 0 Å². The van der Waals surface area contributed by atoms with Gasteiger partial charge in [0.15, 0.2) is 0 Å². The lowest BCUT2D eigenvalue weighted by Gasteiger charge is -2.05. The Morgan fingerprint density at radius 2 is 1.90 bits per heavy atom. The van der Waals surface area contributed by atoms with Gasteiger partial charge in [-0.15, -0.1) is 0 Å². The quantitative estimate of drug-likeness (QED) is 0.846. The fourth-order valence-corrected chi connectivity index (χ4v) is 2.74. The third kappa shape index (κ3) is 2.82. The molecule has 1 unspecified atom stereocenters. The average Bonchev–Trinajstić information content (AvgIpc) is 3.01. The van der Waals surface area contributed by atoms with Crippen LogP contribution in [0, 0.1) is 20.8 Å². The summed E-state index contributed by atoms with van der Waals surface area (Å²) in [5.74, 6) is 0. The molecule has 0 amide bonds. The highest BCUT2D eigenvalue weighted by Gasteiger charge is 2.15. The number of nitrogens with zero attached hydrogens (tertiary/aromatic N) is 3. The first-order valence-corrected chi connectivity index (χ1v) is 7.35. The molecular weight excluding hydrogens is 258 g/mol. The van der Waals surface area contributed by atoms with Crippen molar-refractivity contribution >= 4 is 11.8 Å². The fraction of sp³-hybridized carbons (Fsp3) is 0.333. The minimum absolute atomic E-state index is 0.219. The van der Waals surface area contributed by atoms with E-state index in [0.29, 0.717) is 0 Å². The van der Waals surface area contributed by atoms with Crippen molar-refractivity contribution in [3.63, 3.8) is 0 Å². The molecule has 108 valence electrons. The number of allylic oxidation sites excluding steroid dienone is 1. The van der Waals surface area contributed by atoms with Crippen molar-refractivity contribution in [1.29, 1.82) is 0 Å². The van der Waals surface area contributed by atoms with Crippen molar-refractivity contribution in [3.8, 4) is 0 Å². The van der Waals surface area contributed by atoms with Gasteiger partial charge >= 0.3 is 0 Å². The Balaban J connectivity index is 1.80. The van der Waals surface area contributed by atoms with Crippen molar-refractivity contribution in [2.24, 2.45) is 12.0 Å². The zero-order valence-corrected chi connectivity index (χ0v) is 13.1. The summed E-state index contributed by atoms with van der Waals surface area (Å²) in [5, 5.41) is 4.40. The van der Waals surface area contributed by atoms with E-state index in [4.69, 9.17) is 0 Å². The third-order valence-corrected chi connectivity index (χ3v) is 4.13. The summed E-state index contributed by atoms with van der Waals surface area (Å²) in [7, 11) is 1.99. The largest absolute Gasteiger partial charge is 0.285 e. The highest BCUT2D eigenvalue weighted by atomic mass is 15.3. The van der Waals surface area contributed by atoms with Crippen LogP contribution in [0.3, 0.4) is 0 Å². The Labute approximate surface area is 126 Å². The van der Waals surface area contributed by atoms with Crippen LogP contribution >= 0.6 is 0 Å². The van der Waals surface area contributed by atoms with Gasteiger partial charge in [0.2, 0.25) is 0 Å². The summed E-state index contributed by atoms with van der Waals surface area (Å²) in [6.07, 6.45) is 5.16. The van der Waals surface area contributed by atoms with Crippen LogP contribution in [0.1, 0.15) is 28.1 Å². The molecule has 0 fully saturated rings. The van der Waals surface area contributed by atoms with Crippen LogP contribution in [0.15, 0.2) is 35.3 Å². The second kappa shape index (κ2) is 5.32. The Morgan fingerprint density at radius 3 is 2.57 bits per heavy atom. The molecular formula is C18H21N3. The Hall–Kier alpha value is -2.16. The van der Waals surface area contributed by atoms with Gasteiger partial charge < -0.3 is 0 Å². The zero-order valence-electron chi connectivity index (χ0n) is 13.1. The van der Waals surface area contributed by atoms with E-state index in [1.807, 2.05) is 24.9 Å². The molecule has 3 nitrogen and oxygen atoms in total. The van der Waals surface area contributed by atoms with Crippen molar-refractivity contribution in [1.82, 2.24) is 9.78 Å². The number of benzene rings is 1. The number of aryl methyl sites for hydroxylation is 4. The predicted octanol–water partition coefficient (Wildman–Crippen LogP) is 3.42. The Bertz CT molecular complexity index is 735. The molecule has 2 heterocycles. The predicted molar refractivity (Wildman–Crippen MR) is 87.8 cm³/mol. The average molecular weight is 279 g/mol. The van der Waals surface area contributed by atoms with Gasteiger partial charge in [0.05, 0.1) is 11.7 Å². The van der Waals surface area contributed by atoms with Gasteiger partial charge in [0.1, 0.15) is 0 Å². The minimum atomic E-state index is 0.219. The van der Waals surface area contributed by atoms with Crippen LogP contribution < -0.4 is 0 Å². The van der Waals surface area contributed by atoms with Gasteiger partial charge in [0.25, 0.3) is 0 Å². The fourth-order valence-electron chi connectivity index (χ4n) is 2.74. The summed E-state index contributed by atoms with van der Waals surface area (Å²) in [4.78, 5) is 4.63. The molecule has 0 N–H and O–H groups in total. The molecule has 0 spiro atoms. The number of hydrogen-bond donors (Lipinski definition) is 0. The molecule has 2 aromatic rings. The number of rotatable bonds is 3. The monoisotopic (exact) mass is 279 g/mol. The summed E-state index contributed by atoms with van der Waals surface area (Å²) < 4.78 is 1.95. The summed E-state index contributed by atoms with van der Waals surface area (Å²) in [6, 6.07) is 8.95. The number of hydrogen-bond acceptors (Lipinski definition) is 2. The molecule has 1 atom stereocenters. The second-order valence-electron chi connectivity index (χ2n) is 5.87. The highest BCUT2D eigenvalue weighted by Crippen LogP contribution is 2.23. The van der Waals surface area contributed by atoms with Crippen LogP contribution in [-0.2, 0) is 13.5 Å². The van der Waals surface area contributed by atoms with E-state index in [2.05, 4.69) is 54.3 Å². The van der Waals surface area contributed by atoms with Gasteiger partial charge in [-0.05, 0) is 49.1 Å². The van der Waals surface area contributed by atoms with Crippen LogP contribution in [0.4, 0.5) is 0 Å². The Kier molecular flexibility index (Phi) is 3.50. The topological polar surface area (TPSA) is 30.2 Å². The van der Waals surface area contributed by atoms with Crippen molar-refractivity contribution in [2.75, 3.05) is 0 Å². The lowest BCUT2D eigenvalue weighted by molar-refractivity contribution is 0.677. The lowest BCUT2D eigenvalue weighted by Crippen LogP contribution is -2.07. The van der Waals surface area contributed by atoms with E-state index >= 15 is 0 Å². The normalized spacial score (nSPS) is 17.3. The molecule has 1 aliphatic heterocycles. The smallest absolute Gasteiger partial charge is 0.0744 e. The minimum Gasteiger partial charge on any atom is -0.285 e. The van der Waals surface area contributed by atoms with Gasteiger partial charge in [-0.1, -0.05) is 24.3 Å². The van der Waals surface area contributed by atoms with Gasteiger partial charge in [0, 0.05) is 25.4 Å². The molecule has 1 aromatic heterocycles. The molecule has 3 heteroatoms. The van der Waals surface area contributed by atoms with Crippen LogP contribution in [0.25, 0.3) is 5.57 Å². The maximum atomic E-state index is 4.63. The van der Waals surface area contributed by atoms with Crippen molar-refractivity contribution < 1.29 is 0 Å². The summed E-state index contributed by atoms with van der Waals surface area (Å²) in [5.41, 5.74) is 7.43. The maximum absolute atomic E-state index is 4.63. The van der Waals surface area contributed by atoms with E-state index in [1.54, 1.807) is 0 Å².